The van der Waals surface area contributed by atoms with Crippen LogP contribution >= 0.6 is 0 Å². The first kappa shape index (κ1) is 42.2. The number of amides is 2. The number of hydrogen-bond donors (Lipinski definition) is 0. The Hall–Kier alpha value is -5.50. The molecular formula is C41H52N2O12. The molecule has 0 aliphatic carbocycles. The summed E-state index contributed by atoms with van der Waals surface area (Å²) >= 11 is 0. The molecule has 14 heteroatoms. The van der Waals surface area contributed by atoms with Gasteiger partial charge in [0.25, 0.3) is 0 Å². The van der Waals surface area contributed by atoms with Gasteiger partial charge < -0.3 is 42.8 Å². The lowest BCUT2D eigenvalue weighted by molar-refractivity contribution is -0.140. The molecule has 2 atom stereocenters. The molecule has 0 bridgehead atoms. The average Bonchev–Trinajstić information content (AvgIpc) is 3.16. The summed E-state index contributed by atoms with van der Waals surface area (Å²) in [6.07, 6.45) is -0.480. The van der Waals surface area contributed by atoms with E-state index in [1.165, 1.54) is 54.6 Å². The largest absolute Gasteiger partial charge is 0.496 e. The SMILES string of the molecule is COc1c(C)c(OC)c(OC)c(C=O)c1CC(C(=O)N1CC(=O)c2c(OC)c(C)c(OC)c(OC)c2C1COCc1ccccc1)N(C)C(=O)OC(C)(C)C. The van der Waals surface area contributed by atoms with Crippen molar-refractivity contribution in [1.29, 1.82) is 0 Å². The first-order valence-electron chi connectivity index (χ1n) is 17.6. The molecule has 0 radical (unpaired) electrons. The molecule has 1 aliphatic heterocycles. The van der Waals surface area contributed by atoms with Gasteiger partial charge in [0.05, 0.1) is 79.6 Å². The molecule has 1 aliphatic rings. The second kappa shape index (κ2) is 17.8. The summed E-state index contributed by atoms with van der Waals surface area (Å²) in [6.45, 7) is 8.29. The molecule has 298 valence electrons. The zero-order chi connectivity index (χ0) is 40.8. The predicted molar refractivity (Wildman–Crippen MR) is 203 cm³/mol. The summed E-state index contributed by atoms with van der Waals surface area (Å²) in [4.78, 5) is 58.7. The van der Waals surface area contributed by atoms with E-state index >= 15 is 4.79 Å². The van der Waals surface area contributed by atoms with Crippen LogP contribution in [0.15, 0.2) is 30.3 Å². The molecule has 0 saturated heterocycles. The molecular weight excluding hydrogens is 712 g/mol. The van der Waals surface area contributed by atoms with E-state index in [2.05, 4.69) is 0 Å². The highest BCUT2D eigenvalue weighted by Gasteiger charge is 2.45. The number of rotatable bonds is 15. The number of likely N-dealkylation sites (N-methyl/N-ethyl adjacent to an activating group) is 1. The first-order valence-corrected chi connectivity index (χ1v) is 17.6. The van der Waals surface area contributed by atoms with Crippen molar-refractivity contribution in [2.45, 2.75) is 65.3 Å². The van der Waals surface area contributed by atoms with Gasteiger partial charge in [0.15, 0.2) is 35.1 Å². The average molecular weight is 765 g/mol. The molecule has 0 saturated carbocycles. The number of hydrogen-bond acceptors (Lipinski definition) is 12. The highest BCUT2D eigenvalue weighted by molar-refractivity contribution is 6.07. The smallest absolute Gasteiger partial charge is 0.410 e. The van der Waals surface area contributed by atoms with Gasteiger partial charge in [-0.05, 0) is 40.2 Å². The van der Waals surface area contributed by atoms with E-state index in [0.717, 1.165) is 10.5 Å². The fourth-order valence-electron chi connectivity index (χ4n) is 7.05. The minimum Gasteiger partial charge on any atom is -0.496 e. The lowest BCUT2D eigenvalue weighted by atomic mass is 9.86. The van der Waals surface area contributed by atoms with Crippen LogP contribution in [-0.2, 0) is 27.3 Å². The third kappa shape index (κ3) is 8.44. The fraction of sp³-hybridized carbons (Fsp3) is 0.463. The predicted octanol–water partition coefficient (Wildman–Crippen LogP) is 5.93. The Labute approximate surface area is 322 Å². The molecule has 3 aromatic rings. The highest BCUT2D eigenvalue weighted by Crippen LogP contribution is 2.50. The third-order valence-electron chi connectivity index (χ3n) is 9.51. The summed E-state index contributed by atoms with van der Waals surface area (Å²) in [5.41, 5.74) is 1.90. The number of methoxy groups -OCH3 is 6. The van der Waals surface area contributed by atoms with Gasteiger partial charge in [0, 0.05) is 35.7 Å². The van der Waals surface area contributed by atoms with Crippen LogP contribution in [0.2, 0.25) is 0 Å². The highest BCUT2D eigenvalue weighted by atomic mass is 16.6. The lowest BCUT2D eigenvalue weighted by Crippen LogP contribution is -2.55. The van der Waals surface area contributed by atoms with Crippen molar-refractivity contribution in [3.8, 4) is 34.5 Å². The monoisotopic (exact) mass is 764 g/mol. The van der Waals surface area contributed by atoms with Crippen molar-refractivity contribution in [2.24, 2.45) is 0 Å². The van der Waals surface area contributed by atoms with E-state index in [9.17, 15) is 14.4 Å². The molecule has 0 spiro atoms. The minimum atomic E-state index is -1.36. The number of nitrogens with zero attached hydrogens (tertiary/aromatic N) is 2. The maximum Gasteiger partial charge on any atom is 0.410 e. The van der Waals surface area contributed by atoms with Crippen LogP contribution in [0.25, 0.3) is 0 Å². The normalized spacial score (nSPS) is 14.4. The van der Waals surface area contributed by atoms with Crippen LogP contribution in [0, 0.1) is 13.8 Å². The number of ether oxygens (including phenoxy) is 8. The Bertz CT molecular complexity index is 1900. The van der Waals surface area contributed by atoms with Gasteiger partial charge in [0.1, 0.15) is 23.1 Å². The van der Waals surface area contributed by atoms with Crippen molar-refractivity contribution < 1.29 is 57.1 Å². The number of ketones is 1. The molecule has 0 fully saturated rings. The van der Waals surface area contributed by atoms with Gasteiger partial charge in [-0.25, -0.2) is 4.79 Å². The molecule has 14 nitrogen and oxygen atoms in total. The van der Waals surface area contributed by atoms with Crippen molar-refractivity contribution in [1.82, 2.24) is 9.80 Å². The maximum atomic E-state index is 15.3. The number of carbonyl (C=O) groups excluding carboxylic acids is 4. The quantitative estimate of drug-likeness (QED) is 0.169. The molecule has 3 aromatic carbocycles. The van der Waals surface area contributed by atoms with Crippen LogP contribution in [0.3, 0.4) is 0 Å². The van der Waals surface area contributed by atoms with E-state index in [1.807, 2.05) is 30.3 Å². The van der Waals surface area contributed by atoms with Crippen molar-refractivity contribution in [2.75, 3.05) is 62.9 Å². The lowest BCUT2D eigenvalue weighted by Gasteiger charge is -2.41. The molecule has 55 heavy (non-hydrogen) atoms. The first-order chi connectivity index (χ1) is 26.1. The molecule has 1 heterocycles. The van der Waals surface area contributed by atoms with Crippen molar-refractivity contribution in [3.63, 3.8) is 0 Å². The van der Waals surface area contributed by atoms with Gasteiger partial charge in [-0.1, -0.05) is 30.3 Å². The van der Waals surface area contributed by atoms with Gasteiger partial charge in [-0.15, -0.1) is 0 Å². The van der Waals surface area contributed by atoms with Crippen molar-refractivity contribution >= 4 is 24.1 Å². The molecule has 2 amide bonds. The Morgan fingerprint density at radius 1 is 0.836 bits per heavy atom. The summed E-state index contributed by atoms with van der Waals surface area (Å²) in [5.74, 6) is 0.399. The van der Waals surface area contributed by atoms with E-state index in [1.54, 1.807) is 34.6 Å². The second-order valence-corrected chi connectivity index (χ2v) is 14.0. The maximum absolute atomic E-state index is 15.3. The van der Waals surface area contributed by atoms with Gasteiger partial charge in [-0.3, -0.25) is 19.3 Å². The molecule has 4 rings (SSSR count). The van der Waals surface area contributed by atoms with E-state index in [4.69, 9.17) is 37.9 Å². The van der Waals surface area contributed by atoms with E-state index < -0.39 is 42.0 Å². The number of fused-ring (bicyclic) bond motifs is 1. The molecule has 2 unspecified atom stereocenters. The summed E-state index contributed by atoms with van der Waals surface area (Å²) in [5, 5.41) is 0. The fourth-order valence-corrected chi connectivity index (χ4v) is 7.05. The van der Waals surface area contributed by atoms with E-state index in [-0.39, 0.29) is 65.1 Å². The number of carbonyl (C=O) groups is 4. The number of aldehydes is 1. The second-order valence-electron chi connectivity index (χ2n) is 14.0. The zero-order valence-corrected chi connectivity index (χ0v) is 33.7. The molecule has 0 N–H and O–H groups in total. The summed E-state index contributed by atoms with van der Waals surface area (Å²) < 4.78 is 46.5. The topological polar surface area (TPSA) is 149 Å². The molecule has 0 aromatic heterocycles. The third-order valence-corrected chi connectivity index (χ3v) is 9.51. The summed E-state index contributed by atoms with van der Waals surface area (Å²) in [6, 6.07) is 7.19. The van der Waals surface area contributed by atoms with Gasteiger partial charge >= 0.3 is 6.09 Å². The Morgan fingerprint density at radius 2 is 1.38 bits per heavy atom. The van der Waals surface area contributed by atoms with Crippen LogP contribution in [0.5, 0.6) is 34.5 Å². The van der Waals surface area contributed by atoms with Crippen LogP contribution < -0.4 is 28.4 Å². The van der Waals surface area contributed by atoms with Crippen LogP contribution in [0.4, 0.5) is 4.79 Å². The van der Waals surface area contributed by atoms with Crippen LogP contribution in [-0.4, -0.2) is 108 Å². The van der Waals surface area contributed by atoms with Crippen molar-refractivity contribution in [3.05, 3.63) is 69.3 Å². The zero-order valence-electron chi connectivity index (χ0n) is 33.7. The Balaban J connectivity index is 1.98. The number of Topliss-reactive ketones (excluding diaryl/α,β-unsaturated/α-hetero) is 1. The standard InChI is InChI=1S/C41H52N2O12/c1-23-33(48-7)26(27(20-44)37(52-11)35(23)50-9)18-28(42(6)40(47)55-41(3,4)5)39(46)43-19-30(45)32-31(29(43)22-54-21-25-16-14-13-15-17-25)38(53-12)36(51-10)24(2)34(32)49-8/h13-17,20,28-29H,18-19,21-22H2,1-12H3. The van der Waals surface area contributed by atoms with Crippen LogP contribution in [0.1, 0.15) is 75.3 Å². The van der Waals surface area contributed by atoms with E-state index in [0.29, 0.717) is 28.7 Å². The Morgan fingerprint density at radius 3 is 1.91 bits per heavy atom. The number of benzene rings is 3. The minimum absolute atomic E-state index is 0.0617. The van der Waals surface area contributed by atoms with Gasteiger partial charge in [0.2, 0.25) is 5.91 Å². The Kier molecular flexibility index (Phi) is 13.6. The van der Waals surface area contributed by atoms with Gasteiger partial charge in [-0.2, -0.15) is 0 Å². The summed E-state index contributed by atoms with van der Waals surface area (Å²) in [7, 11) is 10.1.